The fourth-order valence-corrected chi connectivity index (χ4v) is 3.76. The van der Waals surface area contributed by atoms with Gasteiger partial charge in [0.1, 0.15) is 11.9 Å². The largest absolute Gasteiger partial charge is 0.452 e. The van der Waals surface area contributed by atoms with Crippen LogP contribution in [0.15, 0.2) is 36.4 Å². The van der Waals surface area contributed by atoms with Crippen molar-refractivity contribution in [3.63, 3.8) is 0 Å². The zero-order chi connectivity index (χ0) is 20.8. The van der Waals surface area contributed by atoms with Gasteiger partial charge in [0.25, 0.3) is 5.91 Å². The van der Waals surface area contributed by atoms with E-state index in [1.165, 1.54) is 30.3 Å². The number of nitrogens with one attached hydrogen (secondary N) is 1. The highest BCUT2D eigenvalue weighted by atomic mass is 35.5. The van der Waals surface area contributed by atoms with E-state index in [0.29, 0.717) is 17.7 Å². The Hall–Kier alpha value is -1.96. The number of amides is 1. The molecule has 1 amide bonds. The van der Waals surface area contributed by atoms with Gasteiger partial charge in [0, 0.05) is 11.3 Å². The molecule has 1 aliphatic rings. The molecule has 5 nitrogen and oxygen atoms in total. The lowest BCUT2D eigenvalue weighted by Crippen LogP contribution is -2.18. The molecule has 154 valence electrons. The second-order valence-electron chi connectivity index (χ2n) is 6.52. The van der Waals surface area contributed by atoms with Gasteiger partial charge in [-0.15, -0.1) is 0 Å². The number of hydrogen-bond acceptors (Lipinski definition) is 5. The van der Waals surface area contributed by atoms with Crippen molar-refractivity contribution in [1.82, 2.24) is 0 Å². The van der Waals surface area contributed by atoms with Crippen molar-refractivity contribution in [3.8, 4) is 5.75 Å². The molecule has 0 spiro atoms. The maximum Gasteiger partial charge on any atom is 0.407 e. The van der Waals surface area contributed by atoms with Crippen LogP contribution in [0.4, 0.5) is 14.9 Å². The second kappa shape index (κ2) is 10.2. The van der Waals surface area contributed by atoms with Crippen LogP contribution >= 0.6 is 35.2 Å². The molecule has 1 saturated carbocycles. The van der Waals surface area contributed by atoms with E-state index in [9.17, 15) is 14.0 Å². The van der Waals surface area contributed by atoms with Crippen molar-refractivity contribution < 1.29 is 22.9 Å². The van der Waals surface area contributed by atoms with Gasteiger partial charge in [-0.25, -0.2) is 9.18 Å². The molecule has 0 aromatic heterocycles. The zero-order valence-electron chi connectivity index (χ0n) is 15.3. The predicted octanol–water partition coefficient (Wildman–Crippen LogP) is 6.88. The molecule has 0 aliphatic heterocycles. The van der Waals surface area contributed by atoms with E-state index in [4.69, 9.17) is 32.1 Å². The second-order valence-corrected chi connectivity index (χ2v) is 8.00. The molecule has 0 bridgehead atoms. The Morgan fingerprint density at radius 3 is 2.52 bits per heavy atom. The number of hydrogen-bond donors (Lipinski definition) is 1. The third-order valence-electron chi connectivity index (χ3n) is 4.39. The van der Waals surface area contributed by atoms with Gasteiger partial charge in [0.15, 0.2) is 17.8 Å². The van der Waals surface area contributed by atoms with E-state index in [1.807, 2.05) is 0 Å². The van der Waals surface area contributed by atoms with Crippen molar-refractivity contribution in [2.75, 3.05) is 5.32 Å². The Balaban J connectivity index is 1.60. The first-order valence-corrected chi connectivity index (χ1v) is 10.5. The summed E-state index contributed by atoms with van der Waals surface area (Å²) in [5.41, 5.74) is 0.579. The zero-order valence-corrected chi connectivity index (χ0v) is 17.6. The molecule has 1 fully saturated rings. The van der Waals surface area contributed by atoms with Gasteiger partial charge in [0.2, 0.25) is 0 Å². The van der Waals surface area contributed by atoms with Crippen LogP contribution in [0.25, 0.3) is 0 Å². The van der Waals surface area contributed by atoms with E-state index >= 15 is 0 Å². The van der Waals surface area contributed by atoms with E-state index in [1.54, 1.807) is 0 Å². The van der Waals surface area contributed by atoms with Crippen LogP contribution in [0.1, 0.15) is 42.5 Å². The number of anilines is 1. The first-order valence-electron chi connectivity index (χ1n) is 9.03. The highest BCUT2D eigenvalue weighted by molar-refractivity contribution is 8.09. The van der Waals surface area contributed by atoms with Crippen LogP contribution in [0.2, 0.25) is 10.0 Å². The molecule has 29 heavy (non-hydrogen) atoms. The number of carbonyl (C=O) groups is 2. The minimum Gasteiger partial charge on any atom is -0.452 e. The Morgan fingerprint density at radius 2 is 1.79 bits per heavy atom. The number of halogens is 3. The van der Waals surface area contributed by atoms with Crippen molar-refractivity contribution >= 4 is 52.1 Å². The van der Waals surface area contributed by atoms with Crippen LogP contribution in [0.3, 0.4) is 0 Å². The van der Waals surface area contributed by atoms with Gasteiger partial charge in [-0.05, 0) is 62.1 Å². The Morgan fingerprint density at radius 1 is 1.03 bits per heavy atom. The van der Waals surface area contributed by atoms with Crippen LogP contribution in [-0.2, 0) is 4.74 Å². The summed E-state index contributed by atoms with van der Waals surface area (Å²) < 4.78 is 24.0. The van der Waals surface area contributed by atoms with E-state index in [0.717, 1.165) is 38.2 Å². The third kappa shape index (κ3) is 6.26. The molecule has 0 unspecified atom stereocenters. The number of benzene rings is 2. The van der Waals surface area contributed by atoms with Gasteiger partial charge in [0.05, 0.1) is 10.0 Å². The van der Waals surface area contributed by atoms with Crippen molar-refractivity contribution in [2.45, 2.75) is 38.2 Å². The molecule has 2 aromatic rings. The predicted molar refractivity (Wildman–Crippen MR) is 112 cm³/mol. The van der Waals surface area contributed by atoms with Gasteiger partial charge in [-0.3, -0.25) is 4.79 Å². The molecule has 0 radical (unpaired) electrons. The molecule has 9 heteroatoms. The summed E-state index contributed by atoms with van der Waals surface area (Å²) in [4.78, 5) is 24.4. The number of carbonyl (C=O) groups excluding carboxylic acids is 2. The Bertz CT molecular complexity index is 906. The van der Waals surface area contributed by atoms with Crippen LogP contribution in [-0.4, -0.2) is 17.3 Å². The first-order chi connectivity index (χ1) is 13.9. The standard InChI is InChI=1S/C20H18Cl2FNO4S/c21-15-8-6-12(19(25)24-13-7-9-17(23)16(22)11-13)10-18(15)28-29-20(26)27-14-4-2-1-3-5-14/h6-11,14H,1-5H2,(H,24,25). The average molecular weight is 458 g/mol. The summed E-state index contributed by atoms with van der Waals surface area (Å²) in [6, 6.07) is 8.24. The molecular formula is C20H18Cl2FNO4S. The summed E-state index contributed by atoms with van der Waals surface area (Å²) in [7, 11) is 0. The van der Waals surface area contributed by atoms with Crippen LogP contribution in [0, 0.1) is 5.82 Å². The molecule has 0 atom stereocenters. The molecular weight excluding hydrogens is 440 g/mol. The van der Waals surface area contributed by atoms with Crippen molar-refractivity contribution in [1.29, 1.82) is 0 Å². The lowest BCUT2D eigenvalue weighted by atomic mass is 9.98. The third-order valence-corrected chi connectivity index (χ3v) is 5.48. The minimum atomic E-state index is -0.580. The lowest BCUT2D eigenvalue weighted by molar-refractivity contribution is 0.0959. The summed E-state index contributed by atoms with van der Waals surface area (Å²) >= 11 is 12.3. The van der Waals surface area contributed by atoms with Crippen LogP contribution in [0.5, 0.6) is 5.75 Å². The van der Waals surface area contributed by atoms with Gasteiger partial charge in [-0.1, -0.05) is 29.6 Å². The van der Waals surface area contributed by atoms with E-state index in [-0.39, 0.29) is 27.5 Å². The van der Waals surface area contributed by atoms with Crippen molar-refractivity contribution in [2.24, 2.45) is 0 Å². The van der Waals surface area contributed by atoms with Gasteiger partial charge < -0.3 is 14.2 Å². The Kier molecular flexibility index (Phi) is 7.64. The monoisotopic (exact) mass is 457 g/mol. The van der Waals surface area contributed by atoms with E-state index in [2.05, 4.69) is 5.32 Å². The highest BCUT2D eigenvalue weighted by Crippen LogP contribution is 2.30. The minimum absolute atomic E-state index is 0.0810. The molecule has 0 saturated heterocycles. The summed E-state index contributed by atoms with van der Waals surface area (Å²) in [5, 5.41) is 2.19. The summed E-state index contributed by atoms with van der Waals surface area (Å²) in [6.07, 6.45) is 4.89. The molecule has 0 heterocycles. The number of rotatable bonds is 5. The normalized spacial score (nSPS) is 14.3. The topological polar surface area (TPSA) is 64.6 Å². The smallest absolute Gasteiger partial charge is 0.407 e. The maximum atomic E-state index is 13.2. The van der Waals surface area contributed by atoms with Gasteiger partial charge in [-0.2, -0.15) is 0 Å². The van der Waals surface area contributed by atoms with Crippen LogP contribution < -0.4 is 9.50 Å². The SMILES string of the molecule is O=C(OC1CCCCC1)SOc1cc(C(=O)Nc2ccc(F)c(Cl)c2)ccc1Cl. The quantitative estimate of drug-likeness (QED) is 0.391. The van der Waals surface area contributed by atoms with Gasteiger partial charge >= 0.3 is 5.30 Å². The molecule has 3 rings (SSSR count). The molecule has 1 aliphatic carbocycles. The van der Waals surface area contributed by atoms with Crippen molar-refractivity contribution in [3.05, 3.63) is 57.8 Å². The number of ether oxygens (including phenoxy) is 1. The fourth-order valence-electron chi connectivity index (χ4n) is 2.90. The lowest BCUT2D eigenvalue weighted by Gasteiger charge is -2.21. The maximum absolute atomic E-state index is 13.2. The highest BCUT2D eigenvalue weighted by Gasteiger charge is 2.20. The Labute approximate surface area is 182 Å². The fraction of sp³-hybridized carbons (Fsp3) is 0.300. The first kappa shape index (κ1) is 21.7. The summed E-state index contributed by atoms with van der Waals surface area (Å²) in [5.74, 6) is -0.894. The molecule has 1 N–H and O–H groups in total. The van der Waals surface area contributed by atoms with E-state index < -0.39 is 17.0 Å². The molecule has 2 aromatic carbocycles. The summed E-state index contributed by atoms with van der Waals surface area (Å²) in [6.45, 7) is 0. The average Bonchev–Trinajstić information content (AvgIpc) is 2.71.